The zero-order chi connectivity index (χ0) is 28.4. The molecule has 4 unspecified atom stereocenters. The van der Waals surface area contributed by atoms with Crippen LogP contribution >= 0.6 is 0 Å². The number of methoxy groups -OCH3 is 2. The van der Waals surface area contributed by atoms with E-state index in [2.05, 4.69) is 50.3 Å². The zero-order valence-electron chi connectivity index (χ0n) is 24.9. The summed E-state index contributed by atoms with van der Waals surface area (Å²) in [6.45, 7) is 7.74. The van der Waals surface area contributed by atoms with Crippen molar-refractivity contribution in [2.45, 2.75) is 64.6 Å². The number of hydrogen-bond acceptors (Lipinski definition) is 6. The van der Waals surface area contributed by atoms with Crippen LogP contribution in [0.3, 0.4) is 0 Å². The summed E-state index contributed by atoms with van der Waals surface area (Å²) in [5.41, 5.74) is 5.61. The normalized spacial score (nSPS) is 25.6. The van der Waals surface area contributed by atoms with Crippen LogP contribution < -0.4 is 18.9 Å². The minimum atomic E-state index is 0.231. The largest absolute Gasteiger partial charge is 0.493 e. The summed E-state index contributed by atoms with van der Waals surface area (Å²) in [7, 11) is 3.42. The number of ether oxygens (including phenoxy) is 6. The maximum Gasteiger partial charge on any atom is 0.161 e. The first-order valence-corrected chi connectivity index (χ1v) is 15.2. The van der Waals surface area contributed by atoms with Crippen molar-refractivity contribution < 1.29 is 28.4 Å². The number of allylic oxidation sites excluding steroid dienone is 4. The first-order chi connectivity index (χ1) is 19.9. The van der Waals surface area contributed by atoms with Gasteiger partial charge in [-0.25, -0.2) is 0 Å². The van der Waals surface area contributed by atoms with Crippen molar-refractivity contribution in [1.82, 2.24) is 0 Å². The average Bonchev–Trinajstić information content (AvgIpc) is 3.95. The standard InChI is InChI=1S/C35H44O6/c1-35(2,27-11-5-23(6-12-27)25-9-15-31(33(17-25)36-3)40-21-29-19-38-29)28-13-7-24(8-14-28)26-10-16-32(34(18-26)37-4)41-22-30-20-39-30/h5,7,9-10,15-18,27-30H,6,8,11-14,19-22H2,1-4H3. The van der Waals surface area contributed by atoms with Crippen molar-refractivity contribution in [3.63, 3.8) is 0 Å². The van der Waals surface area contributed by atoms with E-state index in [-0.39, 0.29) is 17.6 Å². The third-order valence-electron chi connectivity index (χ3n) is 9.65. The van der Waals surface area contributed by atoms with Crippen LogP contribution in [0.5, 0.6) is 23.0 Å². The predicted molar refractivity (Wildman–Crippen MR) is 161 cm³/mol. The lowest BCUT2D eigenvalue weighted by molar-refractivity contribution is 0.0991. The molecule has 0 aromatic heterocycles. The second-order valence-electron chi connectivity index (χ2n) is 12.5. The first-order valence-electron chi connectivity index (χ1n) is 15.2. The Labute approximate surface area is 244 Å². The molecule has 2 aromatic rings. The highest BCUT2D eigenvalue weighted by Gasteiger charge is 2.38. The maximum absolute atomic E-state index is 5.91. The quantitative estimate of drug-likeness (QED) is 0.253. The van der Waals surface area contributed by atoms with Crippen molar-refractivity contribution >= 4 is 11.1 Å². The van der Waals surface area contributed by atoms with Crippen molar-refractivity contribution in [1.29, 1.82) is 0 Å². The smallest absolute Gasteiger partial charge is 0.161 e. The second kappa shape index (κ2) is 12.1. The van der Waals surface area contributed by atoms with E-state index in [9.17, 15) is 0 Å². The maximum atomic E-state index is 5.91. The van der Waals surface area contributed by atoms with Crippen LogP contribution in [-0.2, 0) is 9.47 Å². The highest BCUT2D eigenvalue weighted by atomic mass is 16.6. The summed E-state index contributed by atoms with van der Waals surface area (Å²) < 4.78 is 33.6. The van der Waals surface area contributed by atoms with E-state index in [1.54, 1.807) is 14.2 Å². The van der Waals surface area contributed by atoms with E-state index in [1.165, 1.54) is 35.1 Å². The summed E-state index contributed by atoms with van der Waals surface area (Å²) in [6.07, 6.45) is 12.3. The predicted octanol–water partition coefficient (Wildman–Crippen LogP) is 7.35. The Morgan fingerprint density at radius 1 is 0.683 bits per heavy atom. The van der Waals surface area contributed by atoms with Gasteiger partial charge in [0, 0.05) is 0 Å². The van der Waals surface area contributed by atoms with E-state index in [0.717, 1.165) is 61.9 Å². The second-order valence-corrected chi connectivity index (χ2v) is 12.5. The number of rotatable bonds is 12. The third-order valence-corrected chi connectivity index (χ3v) is 9.65. The molecule has 220 valence electrons. The van der Waals surface area contributed by atoms with Crippen LogP contribution in [0.4, 0.5) is 0 Å². The fourth-order valence-electron chi connectivity index (χ4n) is 6.54. The lowest BCUT2D eigenvalue weighted by atomic mass is 9.61. The first kappa shape index (κ1) is 28.2. The van der Waals surface area contributed by atoms with Crippen LogP contribution in [-0.4, -0.2) is 52.9 Å². The van der Waals surface area contributed by atoms with E-state index in [0.29, 0.717) is 25.0 Å². The van der Waals surface area contributed by atoms with Crippen LogP contribution in [0.25, 0.3) is 11.1 Å². The van der Waals surface area contributed by atoms with Crippen molar-refractivity contribution in [3.05, 3.63) is 59.7 Å². The number of hydrogen-bond donors (Lipinski definition) is 0. The fourth-order valence-corrected chi connectivity index (χ4v) is 6.54. The number of benzene rings is 2. The van der Waals surface area contributed by atoms with Crippen molar-refractivity contribution in [2.24, 2.45) is 17.3 Å². The molecule has 0 amide bonds. The van der Waals surface area contributed by atoms with Gasteiger partial charge in [-0.15, -0.1) is 0 Å². The number of epoxide rings is 2. The molecule has 2 fully saturated rings. The monoisotopic (exact) mass is 560 g/mol. The van der Waals surface area contributed by atoms with E-state index in [4.69, 9.17) is 28.4 Å². The van der Waals surface area contributed by atoms with Gasteiger partial charge in [-0.1, -0.05) is 38.1 Å². The molecule has 4 aliphatic rings. The Hall–Kier alpha value is -2.96. The summed E-state index contributed by atoms with van der Waals surface area (Å²) >= 11 is 0. The Balaban J connectivity index is 1.07. The van der Waals surface area contributed by atoms with Gasteiger partial charge in [0.25, 0.3) is 0 Å². The molecule has 6 heteroatoms. The van der Waals surface area contributed by atoms with Gasteiger partial charge in [0.2, 0.25) is 0 Å². The molecule has 0 saturated carbocycles. The van der Waals surface area contributed by atoms with Gasteiger partial charge in [-0.3, -0.25) is 0 Å². The molecule has 2 saturated heterocycles. The SMILES string of the molecule is COc1cc(C2=CCC(C(C)(C)C3CC=C(c4ccc(OCC5CO5)c(OC)c4)CC3)CC2)ccc1OCC1CO1. The molecule has 2 heterocycles. The third kappa shape index (κ3) is 6.60. The van der Waals surface area contributed by atoms with Gasteiger partial charge in [-0.05, 0) is 102 Å². The highest BCUT2D eigenvalue weighted by Crippen LogP contribution is 2.50. The molecule has 2 aromatic carbocycles. The highest BCUT2D eigenvalue weighted by molar-refractivity contribution is 5.70. The minimum absolute atomic E-state index is 0.231. The molecular formula is C35H44O6. The molecule has 0 spiro atoms. The van der Waals surface area contributed by atoms with Gasteiger partial charge in [0.15, 0.2) is 23.0 Å². The lowest BCUT2D eigenvalue weighted by Gasteiger charge is -2.44. The molecule has 2 aliphatic heterocycles. The van der Waals surface area contributed by atoms with Crippen LogP contribution in [0.1, 0.15) is 63.5 Å². The van der Waals surface area contributed by atoms with E-state index >= 15 is 0 Å². The molecule has 0 radical (unpaired) electrons. The molecule has 0 bridgehead atoms. The fraction of sp³-hybridized carbons (Fsp3) is 0.543. The Kier molecular flexibility index (Phi) is 8.32. The van der Waals surface area contributed by atoms with Crippen LogP contribution in [0.2, 0.25) is 0 Å². The summed E-state index contributed by atoms with van der Waals surface area (Å²) in [6, 6.07) is 12.7. The lowest BCUT2D eigenvalue weighted by Crippen LogP contribution is -2.34. The van der Waals surface area contributed by atoms with E-state index in [1.807, 2.05) is 12.1 Å². The molecule has 6 rings (SSSR count). The van der Waals surface area contributed by atoms with Crippen LogP contribution in [0, 0.1) is 17.3 Å². The van der Waals surface area contributed by atoms with Gasteiger partial charge in [0.05, 0.1) is 27.4 Å². The van der Waals surface area contributed by atoms with Gasteiger partial charge >= 0.3 is 0 Å². The molecule has 2 aliphatic carbocycles. The zero-order valence-corrected chi connectivity index (χ0v) is 24.9. The Morgan fingerprint density at radius 2 is 1.12 bits per heavy atom. The Bertz CT molecular complexity index is 1190. The molecule has 0 N–H and O–H groups in total. The van der Waals surface area contributed by atoms with Gasteiger partial charge in [0.1, 0.15) is 25.4 Å². The Morgan fingerprint density at radius 3 is 1.46 bits per heavy atom. The topological polar surface area (TPSA) is 62.0 Å². The van der Waals surface area contributed by atoms with Crippen molar-refractivity contribution in [3.8, 4) is 23.0 Å². The minimum Gasteiger partial charge on any atom is -0.493 e. The van der Waals surface area contributed by atoms with Gasteiger partial charge < -0.3 is 28.4 Å². The molecule has 6 nitrogen and oxygen atoms in total. The summed E-state index contributed by atoms with van der Waals surface area (Å²) in [4.78, 5) is 0. The van der Waals surface area contributed by atoms with Crippen molar-refractivity contribution in [2.75, 3.05) is 40.6 Å². The summed E-state index contributed by atoms with van der Waals surface area (Å²) in [5, 5.41) is 0. The summed E-state index contributed by atoms with van der Waals surface area (Å²) in [5.74, 6) is 4.53. The van der Waals surface area contributed by atoms with Gasteiger partial charge in [-0.2, -0.15) is 0 Å². The van der Waals surface area contributed by atoms with Crippen LogP contribution in [0.15, 0.2) is 48.6 Å². The molecule has 4 atom stereocenters. The average molecular weight is 561 g/mol. The molecule has 41 heavy (non-hydrogen) atoms. The molecular weight excluding hydrogens is 516 g/mol. The van der Waals surface area contributed by atoms with E-state index < -0.39 is 0 Å².